The zero-order valence-corrected chi connectivity index (χ0v) is 16.9. The topological polar surface area (TPSA) is 68.5 Å². The van der Waals surface area contributed by atoms with Crippen LogP contribution in [-0.4, -0.2) is 40.6 Å². The van der Waals surface area contributed by atoms with Gasteiger partial charge in [-0.3, -0.25) is 4.79 Å². The van der Waals surface area contributed by atoms with E-state index in [2.05, 4.69) is 10.1 Å². The molecule has 0 unspecified atom stereocenters. The highest BCUT2D eigenvalue weighted by Crippen LogP contribution is 2.29. The molecule has 0 N–H and O–H groups in total. The van der Waals surface area contributed by atoms with Gasteiger partial charge >= 0.3 is 0 Å². The number of halogens is 1. The van der Waals surface area contributed by atoms with Crippen LogP contribution in [-0.2, 0) is 4.79 Å². The van der Waals surface area contributed by atoms with Crippen LogP contribution in [0.3, 0.4) is 0 Å². The lowest BCUT2D eigenvalue weighted by atomic mass is 9.96. The maximum Gasteiger partial charge on any atom is 0.260 e. The van der Waals surface area contributed by atoms with Crippen LogP contribution in [0.5, 0.6) is 5.75 Å². The molecule has 29 heavy (non-hydrogen) atoms. The number of hydrogen-bond acceptors (Lipinski definition) is 5. The molecule has 6 nitrogen and oxygen atoms in total. The van der Waals surface area contributed by atoms with Crippen molar-refractivity contribution in [3.8, 4) is 17.1 Å². The number of ether oxygens (including phenoxy) is 1. The first kappa shape index (κ1) is 19.5. The van der Waals surface area contributed by atoms with E-state index in [4.69, 9.17) is 20.9 Å². The fourth-order valence-corrected chi connectivity index (χ4v) is 3.60. The molecule has 1 aromatic heterocycles. The summed E-state index contributed by atoms with van der Waals surface area (Å²) >= 11 is 5.86. The molecule has 3 aromatic rings. The summed E-state index contributed by atoms with van der Waals surface area (Å²) < 4.78 is 11.1. The van der Waals surface area contributed by atoms with Crippen LogP contribution in [0.15, 0.2) is 53.1 Å². The lowest BCUT2D eigenvalue weighted by Gasteiger charge is -2.30. The molecule has 0 saturated carbocycles. The van der Waals surface area contributed by atoms with Gasteiger partial charge < -0.3 is 14.2 Å². The highest BCUT2D eigenvalue weighted by atomic mass is 35.5. The van der Waals surface area contributed by atoms with Gasteiger partial charge in [0.1, 0.15) is 5.75 Å². The average molecular weight is 412 g/mol. The summed E-state index contributed by atoms with van der Waals surface area (Å²) in [5.41, 5.74) is 2.09. The van der Waals surface area contributed by atoms with Gasteiger partial charge in [0, 0.05) is 29.6 Å². The Morgan fingerprint density at radius 3 is 2.62 bits per heavy atom. The fraction of sp³-hybridized carbons (Fsp3) is 0.318. The lowest BCUT2D eigenvalue weighted by molar-refractivity contribution is -0.134. The second kappa shape index (κ2) is 8.66. The summed E-state index contributed by atoms with van der Waals surface area (Å²) in [6, 6.07) is 15.0. The van der Waals surface area contributed by atoms with E-state index < -0.39 is 0 Å². The predicted molar refractivity (Wildman–Crippen MR) is 110 cm³/mol. The molecular formula is C22H22ClN3O3. The third-order valence-electron chi connectivity index (χ3n) is 5.20. The van der Waals surface area contributed by atoms with Gasteiger partial charge in [0.15, 0.2) is 6.61 Å². The second-order valence-electron chi connectivity index (χ2n) is 7.17. The van der Waals surface area contributed by atoms with Crippen molar-refractivity contribution >= 4 is 17.5 Å². The lowest BCUT2D eigenvalue weighted by Crippen LogP contribution is -2.40. The zero-order chi connectivity index (χ0) is 20.2. The number of piperidine rings is 1. The molecule has 0 atom stereocenters. The quantitative estimate of drug-likeness (QED) is 0.619. The second-order valence-corrected chi connectivity index (χ2v) is 7.61. The third-order valence-corrected chi connectivity index (χ3v) is 5.45. The van der Waals surface area contributed by atoms with Crippen LogP contribution < -0.4 is 4.74 Å². The number of aromatic nitrogens is 2. The van der Waals surface area contributed by atoms with Gasteiger partial charge in [-0.05, 0) is 49.6 Å². The molecule has 1 aliphatic rings. The van der Waals surface area contributed by atoms with Crippen molar-refractivity contribution in [1.82, 2.24) is 15.0 Å². The molecular weight excluding hydrogens is 390 g/mol. The Balaban J connectivity index is 1.31. The van der Waals surface area contributed by atoms with Crippen molar-refractivity contribution < 1.29 is 14.1 Å². The highest BCUT2D eigenvalue weighted by molar-refractivity contribution is 6.30. The van der Waals surface area contributed by atoms with Crippen LogP contribution in [0.2, 0.25) is 5.02 Å². The molecule has 0 aliphatic carbocycles. The third kappa shape index (κ3) is 4.59. The van der Waals surface area contributed by atoms with Gasteiger partial charge in [0.05, 0.1) is 0 Å². The van der Waals surface area contributed by atoms with E-state index in [0.29, 0.717) is 35.6 Å². The Hall–Kier alpha value is -2.86. The van der Waals surface area contributed by atoms with Crippen LogP contribution >= 0.6 is 11.6 Å². The van der Waals surface area contributed by atoms with E-state index >= 15 is 0 Å². The number of likely N-dealkylation sites (tertiary alicyclic amines) is 1. The van der Waals surface area contributed by atoms with Gasteiger partial charge in [-0.1, -0.05) is 41.0 Å². The minimum absolute atomic E-state index is 0.0181. The SMILES string of the molecule is Cc1ccccc1-c1noc(C2CCN(C(=O)COc3ccc(Cl)cc3)CC2)n1. The van der Waals surface area contributed by atoms with E-state index in [9.17, 15) is 4.79 Å². The van der Waals surface area contributed by atoms with Crippen molar-refractivity contribution in [3.63, 3.8) is 0 Å². The molecule has 0 radical (unpaired) electrons. The summed E-state index contributed by atoms with van der Waals surface area (Å²) in [5, 5.41) is 4.79. The molecule has 0 bridgehead atoms. The average Bonchev–Trinajstić information content (AvgIpc) is 3.23. The monoisotopic (exact) mass is 411 g/mol. The van der Waals surface area contributed by atoms with Crippen molar-refractivity contribution in [2.45, 2.75) is 25.7 Å². The first-order valence-corrected chi connectivity index (χ1v) is 10.0. The number of benzene rings is 2. The minimum atomic E-state index is -0.0236. The van der Waals surface area contributed by atoms with Crippen molar-refractivity contribution in [3.05, 3.63) is 65.0 Å². The van der Waals surface area contributed by atoms with Crippen LogP contribution in [0.4, 0.5) is 0 Å². The van der Waals surface area contributed by atoms with Gasteiger partial charge in [0.2, 0.25) is 11.7 Å². The van der Waals surface area contributed by atoms with Gasteiger partial charge in [-0.15, -0.1) is 0 Å². The number of nitrogens with zero attached hydrogens (tertiary/aromatic N) is 3. The number of carbonyl (C=O) groups is 1. The van der Waals surface area contributed by atoms with Crippen molar-refractivity contribution in [2.24, 2.45) is 0 Å². The van der Waals surface area contributed by atoms with Gasteiger partial charge in [-0.25, -0.2) is 0 Å². The van der Waals surface area contributed by atoms with Crippen LogP contribution in [0.1, 0.15) is 30.2 Å². The zero-order valence-electron chi connectivity index (χ0n) is 16.2. The molecule has 2 aromatic carbocycles. The number of aryl methyl sites for hydroxylation is 1. The van der Waals surface area contributed by atoms with E-state index in [1.807, 2.05) is 36.1 Å². The van der Waals surface area contributed by atoms with Crippen LogP contribution in [0, 0.1) is 6.92 Å². The number of amides is 1. The maximum atomic E-state index is 12.4. The smallest absolute Gasteiger partial charge is 0.260 e. The van der Waals surface area contributed by atoms with E-state index in [0.717, 1.165) is 24.0 Å². The molecule has 1 amide bonds. The van der Waals surface area contributed by atoms with E-state index in [1.165, 1.54) is 0 Å². The Labute approximate surface area is 174 Å². The maximum absolute atomic E-state index is 12.4. The molecule has 7 heteroatoms. The molecule has 1 aliphatic heterocycles. The first-order valence-electron chi connectivity index (χ1n) is 9.66. The Kier molecular flexibility index (Phi) is 5.81. The normalized spacial score (nSPS) is 14.8. The minimum Gasteiger partial charge on any atom is -0.484 e. The number of carbonyl (C=O) groups excluding carboxylic acids is 1. The van der Waals surface area contributed by atoms with Crippen molar-refractivity contribution in [1.29, 1.82) is 0 Å². The molecule has 0 spiro atoms. The van der Waals surface area contributed by atoms with Gasteiger partial charge in [-0.2, -0.15) is 4.98 Å². The Bertz CT molecular complexity index is 979. The highest BCUT2D eigenvalue weighted by Gasteiger charge is 2.28. The molecule has 1 saturated heterocycles. The summed E-state index contributed by atoms with van der Waals surface area (Å²) in [4.78, 5) is 18.9. The van der Waals surface area contributed by atoms with E-state index in [1.54, 1.807) is 24.3 Å². The van der Waals surface area contributed by atoms with Crippen molar-refractivity contribution in [2.75, 3.05) is 19.7 Å². The summed E-state index contributed by atoms with van der Waals surface area (Å²) in [5.74, 6) is 2.04. The van der Waals surface area contributed by atoms with Crippen LogP contribution in [0.25, 0.3) is 11.4 Å². The molecule has 1 fully saturated rings. The van der Waals surface area contributed by atoms with E-state index in [-0.39, 0.29) is 18.4 Å². The first-order chi connectivity index (χ1) is 14.1. The Morgan fingerprint density at radius 1 is 1.17 bits per heavy atom. The Morgan fingerprint density at radius 2 is 1.90 bits per heavy atom. The van der Waals surface area contributed by atoms with Gasteiger partial charge in [0.25, 0.3) is 5.91 Å². The summed E-state index contributed by atoms with van der Waals surface area (Å²) in [6.45, 7) is 3.34. The summed E-state index contributed by atoms with van der Waals surface area (Å²) in [7, 11) is 0. The predicted octanol–water partition coefficient (Wildman–Crippen LogP) is 4.48. The number of rotatable bonds is 5. The number of hydrogen-bond donors (Lipinski definition) is 0. The standard InChI is InChI=1S/C22H22ClN3O3/c1-15-4-2-3-5-19(15)21-24-22(29-25-21)16-10-12-26(13-11-16)20(27)14-28-18-8-6-17(23)7-9-18/h2-9,16H,10-14H2,1H3. The molecule has 4 rings (SSSR count). The molecule has 2 heterocycles. The molecule has 150 valence electrons. The fourth-order valence-electron chi connectivity index (χ4n) is 3.48. The summed E-state index contributed by atoms with van der Waals surface area (Å²) in [6.07, 6.45) is 1.59. The largest absolute Gasteiger partial charge is 0.484 e.